The van der Waals surface area contributed by atoms with E-state index in [1.165, 1.54) is 0 Å². The predicted octanol–water partition coefficient (Wildman–Crippen LogP) is 2.11. The summed E-state index contributed by atoms with van der Waals surface area (Å²) in [6, 6.07) is 0. The van der Waals surface area contributed by atoms with Crippen molar-refractivity contribution in [3.8, 4) is 0 Å². The van der Waals surface area contributed by atoms with Gasteiger partial charge in [-0.1, -0.05) is 13.0 Å². The van der Waals surface area contributed by atoms with Gasteiger partial charge in [0.2, 0.25) is 5.91 Å². The van der Waals surface area contributed by atoms with Gasteiger partial charge in [-0.3, -0.25) is 4.79 Å². The molecule has 1 unspecified atom stereocenters. The van der Waals surface area contributed by atoms with Crippen LogP contribution in [-0.2, 0) is 4.79 Å². The molecule has 1 N–H and O–H groups in total. The van der Waals surface area contributed by atoms with Crippen LogP contribution in [0, 0.1) is 11.8 Å². The van der Waals surface area contributed by atoms with Gasteiger partial charge in [0, 0.05) is 12.5 Å². The first-order chi connectivity index (χ1) is 5.99. The van der Waals surface area contributed by atoms with Gasteiger partial charge >= 0.3 is 0 Å². The summed E-state index contributed by atoms with van der Waals surface area (Å²) >= 11 is 0. The van der Waals surface area contributed by atoms with Crippen LogP contribution in [0.3, 0.4) is 0 Å². The predicted molar refractivity (Wildman–Crippen MR) is 54.3 cm³/mol. The Balaban J connectivity index is 2.70. The monoisotopic (exact) mass is 181 g/mol. The molecule has 3 atom stereocenters. The second-order valence-corrected chi connectivity index (χ2v) is 4.33. The van der Waals surface area contributed by atoms with E-state index in [4.69, 9.17) is 0 Å². The quantitative estimate of drug-likeness (QED) is 0.649. The van der Waals surface area contributed by atoms with Crippen LogP contribution in [0.2, 0.25) is 0 Å². The largest absolute Gasteiger partial charge is 0.351 e. The highest BCUT2D eigenvalue weighted by molar-refractivity contribution is 5.73. The molecule has 1 aliphatic carbocycles. The summed E-state index contributed by atoms with van der Waals surface area (Å²) in [6.07, 6.45) is 4.21. The Hall–Kier alpha value is -0.790. The van der Waals surface area contributed by atoms with E-state index in [0.717, 1.165) is 12.8 Å². The number of hydrogen-bond donors (Lipinski definition) is 1. The summed E-state index contributed by atoms with van der Waals surface area (Å²) in [5, 5.41) is 3.05. The standard InChI is InChI=1S/C11H19NO/c1-5-10-6-7-11(4,8(10)2)12-9(3)13/h5,8,10H,1,6-7H2,2-4H3,(H,12,13)/t8-,10+,11?/m0/s1. The minimum atomic E-state index is -0.0231. The van der Waals surface area contributed by atoms with Gasteiger partial charge in [-0.2, -0.15) is 0 Å². The Kier molecular flexibility index (Phi) is 2.79. The van der Waals surface area contributed by atoms with Gasteiger partial charge in [-0.15, -0.1) is 6.58 Å². The zero-order valence-corrected chi connectivity index (χ0v) is 8.76. The second kappa shape index (κ2) is 3.52. The summed E-state index contributed by atoms with van der Waals surface area (Å²) in [6.45, 7) is 9.72. The minimum Gasteiger partial charge on any atom is -0.351 e. The maximum atomic E-state index is 11.0. The molecule has 0 saturated heterocycles. The van der Waals surface area contributed by atoms with Gasteiger partial charge in [0.05, 0.1) is 0 Å². The molecular formula is C11H19NO. The zero-order valence-electron chi connectivity index (χ0n) is 8.76. The molecule has 0 aliphatic heterocycles. The first-order valence-electron chi connectivity index (χ1n) is 4.91. The molecule has 0 bridgehead atoms. The van der Waals surface area contributed by atoms with E-state index in [-0.39, 0.29) is 11.4 Å². The molecule has 1 amide bonds. The van der Waals surface area contributed by atoms with Gasteiger partial charge in [0.1, 0.15) is 0 Å². The van der Waals surface area contributed by atoms with E-state index in [1.54, 1.807) is 6.92 Å². The van der Waals surface area contributed by atoms with Crippen LogP contribution < -0.4 is 5.32 Å². The molecule has 2 heteroatoms. The van der Waals surface area contributed by atoms with Crippen molar-refractivity contribution in [3.05, 3.63) is 12.7 Å². The van der Waals surface area contributed by atoms with Crippen LogP contribution in [0.15, 0.2) is 12.7 Å². The molecule has 0 heterocycles. The molecule has 0 radical (unpaired) electrons. The average molecular weight is 181 g/mol. The fraction of sp³-hybridized carbons (Fsp3) is 0.727. The van der Waals surface area contributed by atoms with Crippen molar-refractivity contribution in [3.63, 3.8) is 0 Å². The summed E-state index contributed by atoms with van der Waals surface area (Å²) < 4.78 is 0. The van der Waals surface area contributed by atoms with Crippen LogP contribution in [0.4, 0.5) is 0 Å². The third-order valence-electron chi connectivity index (χ3n) is 3.41. The molecule has 1 aliphatic rings. The maximum absolute atomic E-state index is 11.0. The molecule has 1 saturated carbocycles. The molecule has 1 fully saturated rings. The lowest BCUT2D eigenvalue weighted by Gasteiger charge is -2.31. The van der Waals surface area contributed by atoms with Crippen molar-refractivity contribution in [1.29, 1.82) is 0 Å². The van der Waals surface area contributed by atoms with Crippen LogP contribution in [-0.4, -0.2) is 11.4 Å². The summed E-state index contributed by atoms with van der Waals surface area (Å²) in [5.41, 5.74) is -0.0231. The average Bonchev–Trinajstić information content (AvgIpc) is 2.28. The highest BCUT2D eigenvalue weighted by Gasteiger charge is 2.41. The molecule has 2 nitrogen and oxygen atoms in total. The van der Waals surface area contributed by atoms with Crippen molar-refractivity contribution in [2.75, 3.05) is 0 Å². The fourth-order valence-corrected chi connectivity index (χ4v) is 2.32. The van der Waals surface area contributed by atoms with E-state index in [2.05, 4.69) is 25.7 Å². The molecule has 74 valence electrons. The van der Waals surface area contributed by atoms with Crippen molar-refractivity contribution >= 4 is 5.91 Å². The number of nitrogens with one attached hydrogen (secondary N) is 1. The van der Waals surface area contributed by atoms with Crippen LogP contribution in [0.5, 0.6) is 0 Å². The van der Waals surface area contributed by atoms with Crippen LogP contribution >= 0.6 is 0 Å². The van der Waals surface area contributed by atoms with E-state index < -0.39 is 0 Å². The molecule has 13 heavy (non-hydrogen) atoms. The van der Waals surface area contributed by atoms with Crippen molar-refractivity contribution in [1.82, 2.24) is 5.32 Å². The maximum Gasteiger partial charge on any atom is 0.217 e. The SMILES string of the molecule is C=C[C@@H]1CCC(C)(NC(C)=O)[C@H]1C. The van der Waals surface area contributed by atoms with E-state index >= 15 is 0 Å². The Bertz CT molecular complexity index is 224. The third kappa shape index (κ3) is 1.93. The minimum absolute atomic E-state index is 0.0231. The van der Waals surface area contributed by atoms with Crippen LogP contribution in [0.25, 0.3) is 0 Å². The lowest BCUT2D eigenvalue weighted by atomic mass is 9.86. The Morgan fingerprint density at radius 3 is 2.69 bits per heavy atom. The molecule has 0 aromatic rings. The van der Waals surface area contributed by atoms with Crippen molar-refractivity contribution < 1.29 is 4.79 Å². The fourth-order valence-electron chi connectivity index (χ4n) is 2.32. The zero-order chi connectivity index (χ0) is 10.1. The number of hydrogen-bond acceptors (Lipinski definition) is 1. The lowest BCUT2D eigenvalue weighted by molar-refractivity contribution is -0.121. The number of rotatable bonds is 2. The molecule has 0 aromatic heterocycles. The number of carbonyl (C=O) groups excluding carboxylic acids is 1. The third-order valence-corrected chi connectivity index (χ3v) is 3.41. The van der Waals surface area contributed by atoms with Gasteiger partial charge in [-0.05, 0) is 31.6 Å². The van der Waals surface area contributed by atoms with Gasteiger partial charge in [-0.25, -0.2) is 0 Å². The van der Waals surface area contributed by atoms with Gasteiger partial charge in [0.15, 0.2) is 0 Å². The first-order valence-corrected chi connectivity index (χ1v) is 4.91. The molecule has 0 aromatic carbocycles. The Labute approximate surface area is 80.4 Å². The topological polar surface area (TPSA) is 29.1 Å². The van der Waals surface area contributed by atoms with Crippen molar-refractivity contribution in [2.24, 2.45) is 11.8 Å². The number of allylic oxidation sites excluding steroid dienone is 1. The number of carbonyl (C=O) groups is 1. The smallest absolute Gasteiger partial charge is 0.217 e. The summed E-state index contributed by atoms with van der Waals surface area (Å²) in [7, 11) is 0. The molecule has 0 spiro atoms. The van der Waals surface area contributed by atoms with Crippen molar-refractivity contribution in [2.45, 2.75) is 39.2 Å². The second-order valence-electron chi connectivity index (χ2n) is 4.33. The van der Waals surface area contributed by atoms with Crippen LogP contribution in [0.1, 0.15) is 33.6 Å². The van der Waals surface area contributed by atoms with Gasteiger partial charge < -0.3 is 5.32 Å². The molecule has 1 rings (SSSR count). The summed E-state index contributed by atoms with van der Waals surface area (Å²) in [5.74, 6) is 1.12. The summed E-state index contributed by atoms with van der Waals surface area (Å²) in [4.78, 5) is 11.0. The highest BCUT2D eigenvalue weighted by atomic mass is 16.1. The van der Waals surface area contributed by atoms with Gasteiger partial charge in [0.25, 0.3) is 0 Å². The Morgan fingerprint density at radius 2 is 2.31 bits per heavy atom. The highest BCUT2D eigenvalue weighted by Crippen LogP contribution is 2.40. The lowest BCUT2D eigenvalue weighted by Crippen LogP contribution is -2.47. The van der Waals surface area contributed by atoms with E-state index in [1.807, 2.05) is 6.08 Å². The number of amides is 1. The van der Waals surface area contributed by atoms with E-state index in [9.17, 15) is 4.79 Å². The normalized spacial score (nSPS) is 38.7. The first kappa shape index (κ1) is 10.3. The Morgan fingerprint density at radius 1 is 1.69 bits per heavy atom. The molecular weight excluding hydrogens is 162 g/mol. The van der Waals surface area contributed by atoms with E-state index in [0.29, 0.717) is 11.8 Å².